The van der Waals surface area contributed by atoms with E-state index in [-0.39, 0.29) is 5.91 Å². The maximum Gasteiger partial charge on any atom is 0.221 e. The van der Waals surface area contributed by atoms with E-state index < -0.39 is 0 Å². The number of hydrogen-bond acceptors (Lipinski definition) is 8. The fraction of sp³-hybridized carbons (Fsp3) is 0.458. The molecule has 4 rings (SSSR count). The smallest absolute Gasteiger partial charge is 0.221 e. The zero-order chi connectivity index (χ0) is 22.9. The van der Waals surface area contributed by atoms with Crippen LogP contribution in [0.1, 0.15) is 29.1 Å². The number of morpholine rings is 1. The SMILES string of the molecule is Cc1ccc(Cc2nsc(N(CCC(=O)NCCN3CCOCC3)Cc3ccco3)n2)cc1. The fourth-order valence-corrected chi connectivity index (χ4v) is 4.38. The molecule has 1 saturated heterocycles. The number of carbonyl (C=O) groups is 1. The molecule has 0 bridgehead atoms. The Balaban J connectivity index is 1.31. The topological polar surface area (TPSA) is 83.7 Å². The molecule has 9 heteroatoms. The van der Waals surface area contributed by atoms with Gasteiger partial charge in [0.15, 0.2) is 0 Å². The highest BCUT2D eigenvalue weighted by molar-refractivity contribution is 7.09. The Labute approximate surface area is 198 Å². The summed E-state index contributed by atoms with van der Waals surface area (Å²) in [6, 6.07) is 12.2. The van der Waals surface area contributed by atoms with Crippen LogP contribution in [0.4, 0.5) is 5.13 Å². The summed E-state index contributed by atoms with van der Waals surface area (Å²) in [4.78, 5) is 21.6. The summed E-state index contributed by atoms with van der Waals surface area (Å²) in [5.74, 6) is 1.66. The van der Waals surface area contributed by atoms with E-state index >= 15 is 0 Å². The first-order valence-corrected chi connectivity index (χ1v) is 12.2. The number of anilines is 1. The van der Waals surface area contributed by atoms with Crippen molar-refractivity contribution in [2.45, 2.75) is 26.3 Å². The number of rotatable bonds is 11. The van der Waals surface area contributed by atoms with Crippen molar-refractivity contribution < 1.29 is 13.9 Å². The monoisotopic (exact) mass is 469 g/mol. The Morgan fingerprint density at radius 1 is 1.21 bits per heavy atom. The van der Waals surface area contributed by atoms with Gasteiger partial charge in [0.25, 0.3) is 0 Å². The maximum atomic E-state index is 12.5. The zero-order valence-corrected chi connectivity index (χ0v) is 19.9. The van der Waals surface area contributed by atoms with Crippen molar-refractivity contribution >= 4 is 22.6 Å². The molecule has 1 aliphatic rings. The first-order chi connectivity index (χ1) is 16.2. The molecule has 0 aliphatic carbocycles. The van der Waals surface area contributed by atoms with Gasteiger partial charge in [-0.15, -0.1) is 0 Å². The van der Waals surface area contributed by atoms with Gasteiger partial charge < -0.3 is 19.4 Å². The molecule has 0 radical (unpaired) electrons. The predicted octanol–water partition coefficient (Wildman–Crippen LogP) is 2.88. The summed E-state index contributed by atoms with van der Waals surface area (Å²) in [6.45, 7) is 8.06. The van der Waals surface area contributed by atoms with Gasteiger partial charge in [0.2, 0.25) is 11.0 Å². The largest absolute Gasteiger partial charge is 0.467 e. The number of furan rings is 1. The molecule has 8 nitrogen and oxygen atoms in total. The molecule has 2 aromatic heterocycles. The Morgan fingerprint density at radius 3 is 2.79 bits per heavy atom. The standard InChI is InChI=1S/C24H31N5O3S/c1-19-4-6-20(7-5-19)17-22-26-24(33-27-22)29(18-21-3-2-14-32-21)10-8-23(30)25-9-11-28-12-15-31-16-13-28/h2-7,14H,8-13,15-18H2,1H3,(H,25,30). The number of carbonyl (C=O) groups excluding carboxylic acids is 1. The van der Waals surface area contributed by atoms with Crippen LogP contribution in [0.2, 0.25) is 0 Å². The quantitative estimate of drug-likeness (QED) is 0.462. The van der Waals surface area contributed by atoms with Crippen molar-refractivity contribution in [1.29, 1.82) is 0 Å². The molecular weight excluding hydrogens is 438 g/mol. The van der Waals surface area contributed by atoms with E-state index in [0.717, 1.165) is 49.6 Å². The minimum atomic E-state index is 0.0390. The van der Waals surface area contributed by atoms with Gasteiger partial charge in [0, 0.05) is 57.1 Å². The second kappa shape index (κ2) is 11.9. The van der Waals surface area contributed by atoms with E-state index in [0.29, 0.717) is 32.5 Å². The van der Waals surface area contributed by atoms with E-state index in [9.17, 15) is 4.79 Å². The van der Waals surface area contributed by atoms with Crippen molar-refractivity contribution in [2.24, 2.45) is 0 Å². The van der Waals surface area contributed by atoms with Gasteiger partial charge in [0.1, 0.15) is 11.6 Å². The van der Waals surface area contributed by atoms with Crippen LogP contribution in [0, 0.1) is 6.92 Å². The molecule has 1 aromatic carbocycles. The van der Waals surface area contributed by atoms with E-state index in [1.165, 1.54) is 22.7 Å². The molecule has 33 heavy (non-hydrogen) atoms. The van der Waals surface area contributed by atoms with Crippen molar-refractivity contribution in [3.8, 4) is 0 Å². The lowest BCUT2D eigenvalue weighted by Gasteiger charge is -2.26. The summed E-state index contributed by atoms with van der Waals surface area (Å²) >= 11 is 1.36. The second-order valence-electron chi connectivity index (χ2n) is 8.21. The lowest BCUT2D eigenvalue weighted by molar-refractivity contribution is -0.121. The average molecular weight is 470 g/mol. The van der Waals surface area contributed by atoms with Gasteiger partial charge in [-0.05, 0) is 24.6 Å². The predicted molar refractivity (Wildman–Crippen MR) is 129 cm³/mol. The summed E-state index contributed by atoms with van der Waals surface area (Å²) in [5.41, 5.74) is 2.42. The number of benzene rings is 1. The molecular formula is C24H31N5O3S. The summed E-state index contributed by atoms with van der Waals surface area (Å²) < 4.78 is 15.5. The van der Waals surface area contributed by atoms with Crippen LogP contribution < -0.4 is 10.2 Å². The van der Waals surface area contributed by atoms with Crippen LogP contribution in [0.25, 0.3) is 0 Å². The molecule has 1 amide bonds. The number of nitrogens with zero attached hydrogens (tertiary/aromatic N) is 4. The third-order valence-corrected chi connectivity index (χ3v) is 6.42. The molecule has 176 valence electrons. The van der Waals surface area contributed by atoms with Crippen LogP contribution in [-0.2, 0) is 22.5 Å². The summed E-state index contributed by atoms with van der Waals surface area (Å²) in [7, 11) is 0. The zero-order valence-electron chi connectivity index (χ0n) is 19.0. The molecule has 0 spiro atoms. The number of ether oxygens (including phenoxy) is 1. The molecule has 0 unspecified atom stereocenters. The average Bonchev–Trinajstić information content (AvgIpc) is 3.51. The second-order valence-corrected chi connectivity index (χ2v) is 8.94. The van der Waals surface area contributed by atoms with Crippen LogP contribution in [-0.4, -0.2) is 66.1 Å². The van der Waals surface area contributed by atoms with E-state index in [4.69, 9.17) is 14.1 Å². The normalized spacial score (nSPS) is 14.3. The highest BCUT2D eigenvalue weighted by atomic mass is 32.1. The van der Waals surface area contributed by atoms with Crippen molar-refractivity contribution in [3.63, 3.8) is 0 Å². The number of hydrogen-bond donors (Lipinski definition) is 1. The van der Waals surface area contributed by atoms with E-state index in [1.54, 1.807) is 6.26 Å². The Kier molecular flexibility index (Phi) is 8.46. The van der Waals surface area contributed by atoms with Crippen molar-refractivity contribution in [1.82, 2.24) is 19.6 Å². The third-order valence-electron chi connectivity index (χ3n) is 5.60. The van der Waals surface area contributed by atoms with Gasteiger partial charge in [-0.1, -0.05) is 29.8 Å². The molecule has 3 aromatic rings. The number of aromatic nitrogens is 2. The number of nitrogens with one attached hydrogen (secondary N) is 1. The van der Waals surface area contributed by atoms with Crippen LogP contribution >= 0.6 is 11.5 Å². The van der Waals surface area contributed by atoms with Gasteiger partial charge >= 0.3 is 0 Å². The Morgan fingerprint density at radius 2 is 2.03 bits per heavy atom. The van der Waals surface area contributed by atoms with Crippen molar-refractivity contribution in [3.05, 3.63) is 65.4 Å². The molecule has 3 heterocycles. The van der Waals surface area contributed by atoms with Crippen LogP contribution in [0.15, 0.2) is 47.1 Å². The molecule has 1 fully saturated rings. The third kappa shape index (κ3) is 7.38. The van der Waals surface area contributed by atoms with Crippen LogP contribution in [0.5, 0.6) is 0 Å². The fourth-order valence-electron chi connectivity index (χ4n) is 3.67. The van der Waals surface area contributed by atoms with Gasteiger partial charge in [-0.3, -0.25) is 9.69 Å². The number of amides is 1. The minimum absolute atomic E-state index is 0.0390. The first kappa shape index (κ1) is 23.4. The first-order valence-electron chi connectivity index (χ1n) is 11.4. The number of aryl methyl sites for hydroxylation is 1. The lowest BCUT2D eigenvalue weighted by Crippen LogP contribution is -2.41. The summed E-state index contributed by atoms with van der Waals surface area (Å²) in [5, 5.41) is 3.83. The molecule has 0 atom stereocenters. The van der Waals surface area contributed by atoms with Gasteiger partial charge in [0.05, 0.1) is 26.0 Å². The minimum Gasteiger partial charge on any atom is -0.467 e. The molecule has 0 saturated carbocycles. The Hall–Kier alpha value is -2.75. The van der Waals surface area contributed by atoms with Gasteiger partial charge in [-0.2, -0.15) is 4.37 Å². The van der Waals surface area contributed by atoms with Gasteiger partial charge in [-0.25, -0.2) is 4.98 Å². The van der Waals surface area contributed by atoms with E-state index in [2.05, 4.69) is 50.7 Å². The molecule has 1 N–H and O–H groups in total. The van der Waals surface area contributed by atoms with Crippen LogP contribution in [0.3, 0.4) is 0 Å². The maximum absolute atomic E-state index is 12.5. The molecule has 1 aliphatic heterocycles. The Bertz CT molecular complexity index is 984. The highest BCUT2D eigenvalue weighted by Crippen LogP contribution is 2.22. The highest BCUT2D eigenvalue weighted by Gasteiger charge is 2.17. The van der Waals surface area contributed by atoms with E-state index in [1.807, 2.05) is 12.1 Å². The lowest BCUT2D eigenvalue weighted by atomic mass is 10.1. The van der Waals surface area contributed by atoms with Crippen molar-refractivity contribution in [2.75, 3.05) is 50.8 Å². The summed E-state index contributed by atoms with van der Waals surface area (Å²) in [6.07, 6.45) is 2.73.